The van der Waals surface area contributed by atoms with Crippen molar-refractivity contribution < 1.29 is 0 Å². The minimum Gasteiger partial charge on any atom is -0.387 e. The molecule has 0 aromatic heterocycles. The number of hydrogen-bond donors (Lipinski definition) is 2. The summed E-state index contributed by atoms with van der Waals surface area (Å²) in [5, 5.41) is 7.02. The Morgan fingerprint density at radius 1 is 1.05 bits per heavy atom. The lowest BCUT2D eigenvalue weighted by atomic mass is 9.53. The number of halogens is 1. The number of nitrogens with zero attached hydrogens (tertiary/aromatic N) is 1. The fourth-order valence-corrected chi connectivity index (χ4v) is 5.29. The summed E-state index contributed by atoms with van der Waals surface area (Å²) in [5.41, 5.74) is 6.46. The molecule has 4 saturated carbocycles. The van der Waals surface area contributed by atoms with Crippen LogP contribution in [0.5, 0.6) is 0 Å². The molecular formula is C17H30ClN3. The molecule has 0 unspecified atom stereocenters. The lowest BCUT2D eigenvalue weighted by Gasteiger charge is -2.55. The highest BCUT2D eigenvalue weighted by molar-refractivity contribution is 5.85. The summed E-state index contributed by atoms with van der Waals surface area (Å²) in [5.74, 6) is 3.75. The number of aliphatic imine (C=N–C) groups is 1. The van der Waals surface area contributed by atoms with Crippen molar-refractivity contribution in [1.82, 2.24) is 0 Å². The van der Waals surface area contributed by atoms with Gasteiger partial charge in [-0.25, -0.2) is 0 Å². The van der Waals surface area contributed by atoms with Crippen LogP contribution in [0.15, 0.2) is 4.99 Å². The number of rotatable bonds is 7. The number of nitrogens with two attached hydrogens (primary N) is 1. The first kappa shape index (κ1) is 16.8. The van der Waals surface area contributed by atoms with E-state index in [1.54, 1.807) is 0 Å². The van der Waals surface area contributed by atoms with Gasteiger partial charge >= 0.3 is 0 Å². The summed E-state index contributed by atoms with van der Waals surface area (Å²) < 4.78 is 0. The van der Waals surface area contributed by atoms with Gasteiger partial charge in [-0.2, -0.15) is 0 Å². The van der Waals surface area contributed by atoms with Gasteiger partial charge in [0.05, 0.1) is 11.4 Å². The normalized spacial score (nSPS) is 37.3. The van der Waals surface area contributed by atoms with Crippen molar-refractivity contribution in [2.24, 2.45) is 28.5 Å². The van der Waals surface area contributed by atoms with Crippen molar-refractivity contribution >= 4 is 24.5 Å². The average Bonchev–Trinajstić information content (AvgIpc) is 2.36. The number of unbranched alkanes of at least 4 members (excludes halogenated alkanes) is 3. The van der Waals surface area contributed by atoms with E-state index in [0.717, 1.165) is 49.3 Å². The second kappa shape index (κ2) is 7.13. The first-order valence-electron chi connectivity index (χ1n) is 8.52. The maximum Gasteiger partial charge on any atom is 0.0943 e. The highest BCUT2D eigenvalue weighted by atomic mass is 35.5. The van der Waals surface area contributed by atoms with Crippen LogP contribution < -0.4 is 5.73 Å². The average molecular weight is 312 g/mol. The van der Waals surface area contributed by atoms with Gasteiger partial charge in [0.15, 0.2) is 0 Å². The molecule has 0 heterocycles. The van der Waals surface area contributed by atoms with E-state index in [1.807, 2.05) is 0 Å². The van der Waals surface area contributed by atoms with Gasteiger partial charge in [0.25, 0.3) is 0 Å². The van der Waals surface area contributed by atoms with Gasteiger partial charge in [-0.15, -0.1) is 12.4 Å². The van der Waals surface area contributed by atoms with Crippen LogP contribution in [-0.2, 0) is 0 Å². The third kappa shape index (κ3) is 4.00. The molecule has 4 fully saturated rings. The Morgan fingerprint density at radius 3 is 2.14 bits per heavy atom. The van der Waals surface area contributed by atoms with Gasteiger partial charge in [0.2, 0.25) is 0 Å². The van der Waals surface area contributed by atoms with Crippen LogP contribution in [0.4, 0.5) is 0 Å². The topological polar surface area (TPSA) is 62.2 Å². The first-order chi connectivity index (χ1) is 9.69. The van der Waals surface area contributed by atoms with E-state index in [1.165, 1.54) is 51.2 Å². The van der Waals surface area contributed by atoms with Crippen molar-refractivity contribution in [2.45, 2.75) is 76.2 Å². The minimum absolute atomic E-state index is 0. The molecule has 4 bridgehead atoms. The summed E-state index contributed by atoms with van der Waals surface area (Å²) in [6, 6.07) is 0. The van der Waals surface area contributed by atoms with E-state index in [2.05, 4.69) is 0 Å². The van der Waals surface area contributed by atoms with Crippen molar-refractivity contribution in [3.05, 3.63) is 0 Å². The zero-order valence-corrected chi connectivity index (χ0v) is 13.8. The maximum absolute atomic E-state index is 7.02. The van der Waals surface area contributed by atoms with Gasteiger partial charge < -0.3 is 11.1 Å². The third-order valence-electron chi connectivity index (χ3n) is 5.67. The summed E-state index contributed by atoms with van der Waals surface area (Å²) in [4.78, 5) is 5.04. The van der Waals surface area contributed by atoms with Crippen LogP contribution in [0.1, 0.15) is 70.6 Å². The Bertz CT molecular complexity index is 356. The molecule has 21 heavy (non-hydrogen) atoms. The van der Waals surface area contributed by atoms with Crippen LogP contribution in [0, 0.1) is 23.2 Å². The first-order valence-corrected chi connectivity index (χ1v) is 8.52. The van der Waals surface area contributed by atoms with Crippen LogP contribution in [0.2, 0.25) is 0 Å². The molecule has 0 radical (unpaired) electrons. The third-order valence-corrected chi connectivity index (χ3v) is 5.67. The maximum atomic E-state index is 7.02. The fourth-order valence-electron chi connectivity index (χ4n) is 5.29. The minimum atomic E-state index is 0. The Hall–Kier alpha value is -0.570. The molecule has 3 N–H and O–H groups in total. The zero-order chi connectivity index (χ0) is 14.0. The Kier molecular flexibility index (Phi) is 5.70. The Balaban J connectivity index is 0.00000161. The van der Waals surface area contributed by atoms with Gasteiger partial charge in [-0.1, -0.05) is 6.42 Å². The number of hydrogen-bond acceptors (Lipinski definition) is 2. The Morgan fingerprint density at radius 2 is 1.62 bits per heavy atom. The smallest absolute Gasteiger partial charge is 0.0943 e. The molecule has 4 aliphatic rings. The molecule has 4 heteroatoms. The van der Waals surface area contributed by atoms with E-state index in [9.17, 15) is 0 Å². The summed E-state index contributed by atoms with van der Waals surface area (Å²) in [6.07, 6.45) is 15.2. The lowest BCUT2D eigenvalue weighted by molar-refractivity contribution is 0.00153. The SMILES string of the molecule is Cl.N=CCCCCCC(N)=NC12CC3CC(CC(C3)C1)C2. The molecule has 4 aliphatic carbocycles. The number of nitrogens with one attached hydrogen (secondary N) is 1. The Labute approximate surface area is 135 Å². The van der Waals surface area contributed by atoms with E-state index in [0.29, 0.717) is 0 Å². The van der Waals surface area contributed by atoms with Crippen LogP contribution in [0.25, 0.3) is 0 Å². The summed E-state index contributed by atoms with van der Waals surface area (Å²) in [7, 11) is 0. The van der Waals surface area contributed by atoms with Crippen molar-refractivity contribution in [3.63, 3.8) is 0 Å². The zero-order valence-electron chi connectivity index (χ0n) is 13.0. The fraction of sp³-hybridized carbons (Fsp3) is 0.882. The van der Waals surface area contributed by atoms with E-state index in [4.69, 9.17) is 16.1 Å². The van der Waals surface area contributed by atoms with Crippen LogP contribution in [-0.4, -0.2) is 17.6 Å². The van der Waals surface area contributed by atoms with E-state index >= 15 is 0 Å². The lowest BCUT2D eigenvalue weighted by Crippen LogP contribution is -2.50. The van der Waals surface area contributed by atoms with Crippen molar-refractivity contribution in [1.29, 1.82) is 5.41 Å². The summed E-state index contributed by atoms with van der Waals surface area (Å²) >= 11 is 0. The molecule has 0 aromatic rings. The molecule has 4 rings (SSSR count). The van der Waals surface area contributed by atoms with Crippen LogP contribution >= 0.6 is 12.4 Å². The highest BCUT2D eigenvalue weighted by Gasteiger charge is 2.50. The quantitative estimate of drug-likeness (QED) is 0.410. The molecule has 0 saturated heterocycles. The van der Waals surface area contributed by atoms with Crippen molar-refractivity contribution in [3.8, 4) is 0 Å². The molecule has 0 aliphatic heterocycles. The predicted octanol–water partition coefficient (Wildman–Crippen LogP) is 4.33. The van der Waals surface area contributed by atoms with Crippen molar-refractivity contribution in [2.75, 3.05) is 0 Å². The van der Waals surface area contributed by atoms with Gasteiger partial charge in [0.1, 0.15) is 0 Å². The van der Waals surface area contributed by atoms with E-state index in [-0.39, 0.29) is 17.9 Å². The highest BCUT2D eigenvalue weighted by Crippen LogP contribution is 2.57. The second-order valence-electron chi connectivity index (χ2n) is 7.55. The number of amidine groups is 1. The molecule has 3 nitrogen and oxygen atoms in total. The van der Waals surface area contributed by atoms with Gasteiger partial charge in [-0.3, -0.25) is 4.99 Å². The van der Waals surface area contributed by atoms with Gasteiger partial charge in [0, 0.05) is 6.42 Å². The monoisotopic (exact) mass is 311 g/mol. The molecule has 0 amide bonds. The molecule has 0 spiro atoms. The van der Waals surface area contributed by atoms with E-state index < -0.39 is 0 Å². The summed E-state index contributed by atoms with van der Waals surface area (Å²) in [6.45, 7) is 0. The predicted molar refractivity (Wildman–Crippen MR) is 91.6 cm³/mol. The molecule has 0 atom stereocenters. The largest absolute Gasteiger partial charge is 0.387 e. The second-order valence-corrected chi connectivity index (χ2v) is 7.55. The molecule has 120 valence electrons. The molecule has 0 aromatic carbocycles. The van der Waals surface area contributed by atoms with Crippen LogP contribution in [0.3, 0.4) is 0 Å². The molecular weight excluding hydrogens is 282 g/mol. The van der Waals surface area contributed by atoms with Gasteiger partial charge in [-0.05, 0) is 81.8 Å². The standard InChI is InChI=1S/C17H29N3.ClH/c18-6-4-2-1-3-5-16(19)20-17-10-13-7-14(11-17)9-15(8-13)12-17;/h6,13-15,18H,1-5,7-12H2,(H2,19,20);1H.